The molecule has 0 aliphatic heterocycles. The summed E-state index contributed by atoms with van der Waals surface area (Å²) >= 11 is 1.82. The summed E-state index contributed by atoms with van der Waals surface area (Å²) in [6.45, 7) is 2.14. The third-order valence-electron chi connectivity index (χ3n) is 2.37. The van der Waals surface area contributed by atoms with Crippen molar-refractivity contribution in [2.24, 2.45) is 0 Å². The number of aromatic amines is 1. The van der Waals surface area contributed by atoms with Gasteiger partial charge in [0.2, 0.25) is 0 Å². The van der Waals surface area contributed by atoms with E-state index in [1.165, 1.54) is 0 Å². The minimum atomic E-state index is -0.914. The van der Waals surface area contributed by atoms with Crippen LogP contribution < -0.4 is 0 Å². The molecule has 0 saturated carbocycles. The van der Waals surface area contributed by atoms with E-state index in [1.54, 1.807) is 18.2 Å². The van der Waals surface area contributed by atoms with Gasteiger partial charge < -0.3 is 10.1 Å². The summed E-state index contributed by atoms with van der Waals surface area (Å²) < 4.78 is 0. The van der Waals surface area contributed by atoms with Crippen LogP contribution in [0.2, 0.25) is 0 Å². The van der Waals surface area contributed by atoms with Crippen LogP contribution in [-0.4, -0.2) is 26.8 Å². The molecule has 0 amide bonds. The molecule has 0 atom stereocenters. The second kappa shape index (κ2) is 5.23. The molecule has 90 valence electrons. The number of aromatic nitrogens is 2. The van der Waals surface area contributed by atoms with E-state index in [-0.39, 0.29) is 5.56 Å². The summed E-state index contributed by atoms with van der Waals surface area (Å²) in [6.07, 6.45) is 1.15. The van der Waals surface area contributed by atoms with Crippen LogP contribution in [0.25, 0.3) is 11.0 Å². The van der Waals surface area contributed by atoms with Gasteiger partial charge in [-0.2, -0.15) is 11.8 Å². The molecule has 0 unspecified atom stereocenters. The Kier molecular flexibility index (Phi) is 3.68. The highest BCUT2D eigenvalue weighted by atomic mass is 32.2. The number of carboxylic acids is 1. The van der Waals surface area contributed by atoms with Gasteiger partial charge in [0.05, 0.1) is 22.3 Å². The molecule has 0 spiro atoms. The lowest BCUT2D eigenvalue weighted by molar-refractivity contribution is 0.0697. The third kappa shape index (κ3) is 2.79. The Bertz CT molecular complexity index is 536. The normalized spacial score (nSPS) is 10.9. The van der Waals surface area contributed by atoms with Crippen molar-refractivity contribution in [1.29, 1.82) is 0 Å². The van der Waals surface area contributed by atoms with E-state index < -0.39 is 5.97 Å². The van der Waals surface area contributed by atoms with Gasteiger partial charge in [0.25, 0.3) is 0 Å². The molecular formula is C12H14N2O2S. The lowest BCUT2D eigenvalue weighted by atomic mass is 10.2. The van der Waals surface area contributed by atoms with Crippen LogP contribution in [0.5, 0.6) is 0 Å². The standard InChI is InChI=1S/C12H14N2O2S/c1-2-5-17-7-11-13-9-4-3-8(12(15)16)6-10(9)14-11/h3-4,6H,2,5,7H2,1H3,(H,13,14)(H,15,16). The van der Waals surface area contributed by atoms with Crippen LogP contribution in [0.4, 0.5) is 0 Å². The molecule has 0 aliphatic carbocycles. The van der Waals surface area contributed by atoms with Gasteiger partial charge in [-0.05, 0) is 30.4 Å². The number of benzene rings is 1. The van der Waals surface area contributed by atoms with Crippen molar-refractivity contribution in [1.82, 2.24) is 9.97 Å². The van der Waals surface area contributed by atoms with Crippen LogP contribution in [-0.2, 0) is 5.75 Å². The van der Waals surface area contributed by atoms with Crippen molar-refractivity contribution in [2.45, 2.75) is 19.1 Å². The summed E-state index contributed by atoms with van der Waals surface area (Å²) in [7, 11) is 0. The average Bonchev–Trinajstić information content (AvgIpc) is 2.70. The lowest BCUT2D eigenvalue weighted by Gasteiger charge is -1.94. The minimum absolute atomic E-state index is 0.286. The van der Waals surface area contributed by atoms with Crippen molar-refractivity contribution in [3.8, 4) is 0 Å². The first kappa shape index (κ1) is 12.0. The van der Waals surface area contributed by atoms with Crippen LogP contribution in [0, 0.1) is 0 Å². The Morgan fingerprint density at radius 1 is 1.53 bits per heavy atom. The SMILES string of the molecule is CCCSCc1nc2ccc(C(=O)O)cc2[nH]1. The largest absolute Gasteiger partial charge is 0.478 e. The van der Waals surface area contributed by atoms with Gasteiger partial charge in [0, 0.05) is 0 Å². The second-order valence-electron chi connectivity index (χ2n) is 3.77. The molecule has 5 heteroatoms. The number of aromatic carboxylic acids is 1. The molecule has 0 saturated heterocycles. The fourth-order valence-electron chi connectivity index (χ4n) is 1.58. The zero-order valence-electron chi connectivity index (χ0n) is 9.56. The van der Waals surface area contributed by atoms with Gasteiger partial charge in [0.1, 0.15) is 5.82 Å². The van der Waals surface area contributed by atoms with Gasteiger partial charge in [0.15, 0.2) is 0 Å². The highest BCUT2D eigenvalue weighted by Gasteiger charge is 2.07. The van der Waals surface area contributed by atoms with Crippen LogP contribution in [0.3, 0.4) is 0 Å². The fourth-order valence-corrected chi connectivity index (χ4v) is 2.34. The smallest absolute Gasteiger partial charge is 0.335 e. The van der Waals surface area contributed by atoms with Gasteiger partial charge in [-0.15, -0.1) is 0 Å². The van der Waals surface area contributed by atoms with Crippen LogP contribution in [0.15, 0.2) is 18.2 Å². The van der Waals surface area contributed by atoms with Crippen molar-refractivity contribution in [3.05, 3.63) is 29.6 Å². The molecule has 17 heavy (non-hydrogen) atoms. The van der Waals surface area contributed by atoms with Crippen molar-refractivity contribution in [3.63, 3.8) is 0 Å². The summed E-state index contributed by atoms with van der Waals surface area (Å²) in [5, 5.41) is 8.89. The number of nitrogens with one attached hydrogen (secondary N) is 1. The number of imidazole rings is 1. The number of rotatable bonds is 5. The van der Waals surface area contributed by atoms with Crippen molar-refractivity contribution >= 4 is 28.8 Å². The zero-order valence-corrected chi connectivity index (χ0v) is 10.4. The predicted octanol–water partition coefficient (Wildman–Crippen LogP) is 2.90. The summed E-state index contributed by atoms with van der Waals surface area (Å²) in [5.74, 6) is 1.94. The van der Waals surface area contributed by atoms with Crippen molar-refractivity contribution < 1.29 is 9.90 Å². The summed E-state index contributed by atoms with van der Waals surface area (Å²) in [5.41, 5.74) is 1.90. The first-order valence-electron chi connectivity index (χ1n) is 5.50. The number of thioether (sulfide) groups is 1. The Labute approximate surface area is 103 Å². The number of H-pyrrole nitrogens is 1. The molecule has 1 aromatic carbocycles. The Balaban J connectivity index is 2.21. The molecule has 0 bridgehead atoms. The molecule has 1 aromatic heterocycles. The number of hydrogen-bond acceptors (Lipinski definition) is 3. The first-order valence-corrected chi connectivity index (χ1v) is 6.66. The highest BCUT2D eigenvalue weighted by Crippen LogP contribution is 2.17. The van der Waals surface area contributed by atoms with Crippen molar-refractivity contribution in [2.75, 3.05) is 5.75 Å². The third-order valence-corrected chi connectivity index (χ3v) is 3.54. The van der Waals surface area contributed by atoms with E-state index in [0.717, 1.165) is 34.8 Å². The van der Waals surface area contributed by atoms with E-state index in [1.807, 2.05) is 11.8 Å². The monoisotopic (exact) mass is 250 g/mol. The van der Waals surface area contributed by atoms with Crippen LogP contribution >= 0.6 is 11.8 Å². The maximum atomic E-state index is 10.8. The Morgan fingerprint density at radius 3 is 3.06 bits per heavy atom. The quantitative estimate of drug-likeness (QED) is 0.801. The summed E-state index contributed by atoms with van der Waals surface area (Å²) in [4.78, 5) is 18.4. The molecule has 4 nitrogen and oxygen atoms in total. The van der Waals surface area contributed by atoms with Gasteiger partial charge >= 0.3 is 5.97 Å². The minimum Gasteiger partial charge on any atom is -0.478 e. The van der Waals surface area contributed by atoms with E-state index in [0.29, 0.717) is 0 Å². The molecule has 2 N–H and O–H groups in total. The number of fused-ring (bicyclic) bond motifs is 1. The molecule has 0 radical (unpaired) electrons. The van der Waals surface area contributed by atoms with E-state index in [9.17, 15) is 4.79 Å². The molecule has 0 aliphatic rings. The Morgan fingerprint density at radius 2 is 2.35 bits per heavy atom. The zero-order chi connectivity index (χ0) is 12.3. The summed E-state index contributed by atoms with van der Waals surface area (Å²) in [6, 6.07) is 4.94. The maximum Gasteiger partial charge on any atom is 0.335 e. The second-order valence-corrected chi connectivity index (χ2v) is 4.88. The number of carbonyl (C=O) groups is 1. The highest BCUT2D eigenvalue weighted by molar-refractivity contribution is 7.98. The molecule has 2 rings (SSSR count). The van der Waals surface area contributed by atoms with Gasteiger partial charge in [-0.25, -0.2) is 9.78 Å². The first-order chi connectivity index (χ1) is 8.20. The number of nitrogens with zero attached hydrogens (tertiary/aromatic N) is 1. The van der Waals surface area contributed by atoms with Crippen LogP contribution in [0.1, 0.15) is 29.5 Å². The van der Waals surface area contributed by atoms with Gasteiger partial charge in [-0.1, -0.05) is 6.92 Å². The molecule has 2 aromatic rings. The lowest BCUT2D eigenvalue weighted by Crippen LogP contribution is -1.94. The molecule has 0 fully saturated rings. The van der Waals surface area contributed by atoms with E-state index >= 15 is 0 Å². The van der Waals surface area contributed by atoms with E-state index in [2.05, 4.69) is 16.9 Å². The van der Waals surface area contributed by atoms with Gasteiger partial charge in [-0.3, -0.25) is 0 Å². The number of hydrogen-bond donors (Lipinski definition) is 2. The maximum absolute atomic E-state index is 10.8. The fraction of sp³-hybridized carbons (Fsp3) is 0.333. The average molecular weight is 250 g/mol. The number of carboxylic acid groups (broad SMARTS) is 1. The molecule has 1 heterocycles. The predicted molar refractivity (Wildman–Crippen MR) is 69.5 cm³/mol. The Hall–Kier alpha value is -1.49. The van der Waals surface area contributed by atoms with E-state index in [4.69, 9.17) is 5.11 Å². The topological polar surface area (TPSA) is 66.0 Å². The molecular weight excluding hydrogens is 236 g/mol.